The number of rotatable bonds is 7. The van der Waals surface area contributed by atoms with Gasteiger partial charge in [-0.25, -0.2) is 0 Å². The highest BCUT2D eigenvalue weighted by Crippen LogP contribution is 2.27. The summed E-state index contributed by atoms with van der Waals surface area (Å²) in [5.74, 6) is 0.000554. The van der Waals surface area contributed by atoms with Crippen LogP contribution in [0.1, 0.15) is 26.7 Å². The molecular weight excluding hydrogens is 220 g/mol. The van der Waals surface area contributed by atoms with Crippen LogP contribution in [0.15, 0.2) is 0 Å². The molecule has 1 atom stereocenters. The normalized spacial score (nSPS) is 20.7. The third-order valence-corrected chi connectivity index (χ3v) is 3.24. The number of hydrogen-bond donors (Lipinski definition) is 2. The molecule has 1 fully saturated rings. The Balaban J connectivity index is 2.26. The summed E-state index contributed by atoms with van der Waals surface area (Å²) >= 11 is 0. The molecule has 1 rings (SSSR count). The van der Waals surface area contributed by atoms with E-state index in [1.54, 1.807) is 7.11 Å². The second kappa shape index (κ2) is 6.33. The summed E-state index contributed by atoms with van der Waals surface area (Å²) in [5, 5.41) is 12.8. The average molecular weight is 244 g/mol. The molecule has 0 aromatic carbocycles. The summed E-state index contributed by atoms with van der Waals surface area (Å²) in [7, 11) is 1.61. The molecule has 1 heterocycles. The summed E-state index contributed by atoms with van der Waals surface area (Å²) in [6.07, 6.45) is 1.78. The molecule has 100 valence electrons. The second-order valence-electron chi connectivity index (χ2n) is 4.84. The second-order valence-corrected chi connectivity index (χ2v) is 4.84. The molecule has 5 heteroatoms. The molecule has 0 spiro atoms. The molecule has 0 bridgehead atoms. The largest absolute Gasteiger partial charge is 0.387 e. The van der Waals surface area contributed by atoms with Crippen molar-refractivity contribution >= 4 is 5.91 Å². The summed E-state index contributed by atoms with van der Waals surface area (Å²) in [6, 6.07) is -0.177. The number of carbonyl (C=O) groups is 1. The molecule has 1 unspecified atom stereocenters. The fourth-order valence-corrected chi connectivity index (χ4v) is 2.20. The SMILES string of the molecule is CCCC1(O)CN(C(C)C(=O)NCCOC)C1. The molecule has 1 amide bonds. The van der Waals surface area contributed by atoms with E-state index >= 15 is 0 Å². The Morgan fingerprint density at radius 1 is 1.59 bits per heavy atom. The lowest BCUT2D eigenvalue weighted by Crippen LogP contribution is -2.66. The summed E-state index contributed by atoms with van der Waals surface area (Å²) < 4.78 is 4.87. The van der Waals surface area contributed by atoms with E-state index in [9.17, 15) is 9.90 Å². The molecule has 1 aliphatic heterocycles. The van der Waals surface area contributed by atoms with Crippen LogP contribution in [0.5, 0.6) is 0 Å². The van der Waals surface area contributed by atoms with Crippen LogP contribution < -0.4 is 5.32 Å². The number of methoxy groups -OCH3 is 1. The van der Waals surface area contributed by atoms with E-state index in [1.165, 1.54) is 0 Å². The van der Waals surface area contributed by atoms with Gasteiger partial charge in [-0.15, -0.1) is 0 Å². The number of nitrogens with zero attached hydrogens (tertiary/aromatic N) is 1. The highest BCUT2D eigenvalue weighted by molar-refractivity contribution is 5.81. The van der Waals surface area contributed by atoms with Gasteiger partial charge in [-0.05, 0) is 13.3 Å². The van der Waals surface area contributed by atoms with Gasteiger partial charge in [-0.3, -0.25) is 9.69 Å². The zero-order chi connectivity index (χ0) is 12.9. The quantitative estimate of drug-likeness (QED) is 0.618. The van der Waals surface area contributed by atoms with E-state index in [-0.39, 0.29) is 11.9 Å². The van der Waals surface area contributed by atoms with E-state index < -0.39 is 5.60 Å². The van der Waals surface area contributed by atoms with Crippen LogP contribution in [-0.4, -0.2) is 60.9 Å². The monoisotopic (exact) mass is 244 g/mol. The molecule has 0 aromatic heterocycles. The lowest BCUT2D eigenvalue weighted by atomic mass is 9.88. The number of likely N-dealkylation sites (tertiary alicyclic amines) is 1. The van der Waals surface area contributed by atoms with Crippen molar-refractivity contribution in [1.29, 1.82) is 0 Å². The van der Waals surface area contributed by atoms with Crippen LogP contribution in [0, 0.1) is 0 Å². The molecule has 0 radical (unpaired) electrons. The van der Waals surface area contributed by atoms with Crippen molar-refractivity contribution in [2.24, 2.45) is 0 Å². The molecule has 0 aromatic rings. The molecule has 1 aliphatic rings. The van der Waals surface area contributed by atoms with Crippen LogP contribution in [-0.2, 0) is 9.53 Å². The first kappa shape index (κ1) is 14.4. The van der Waals surface area contributed by atoms with Crippen molar-refractivity contribution in [2.45, 2.75) is 38.3 Å². The predicted molar refractivity (Wildman–Crippen MR) is 65.8 cm³/mol. The van der Waals surface area contributed by atoms with Crippen molar-refractivity contribution < 1.29 is 14.6 Å². The highest BCUT2D eigenvalue weighted by Gasteiger charge is 2.43. The van der Waals surface area contributed by atoms with Gasteiger partial charge in [0, 0.05) is 26.7 Å². The van der Waals surface area contributed by atoms with Gasteiger partial charge in [0.15, 0.2) is 0 Å². The maximum atomic E-state index is 11.7. The molecule has 5 nitrogen and oxygen atoms in total. The van der Waals surface area contributed by atoms with Crippen LogP contribution in [0.25, 0.3) is 0 Å². The zero-order valence-corrected chi connectivity index (χ0v) is 11.0. The standard InChI is InChI=1S/C12H24N2O3/c1-4-5-12(16)8-14(9-12)10(2)11(15)13-6-7-17-3/h10,16H,4-9H2,1-3H3,(H,13,15). The smallest absolute Gasteiger partial charge is 0.237 e. The molecule has 1 saturated heterocycles. The third kappa shape index (κ3) is 3.94. The fourth-order valence-electron chi connectivity index (χ4n) is 2.20. The van der Waals surface area contributed by atoms with E-state index in [2.05, 4.69) is 12.2 Å². The minimum atomic E-state index is -0.574. The first-order chi connectivity index (χ1) is 8.02. The number of nitrogens with one attached hydrogen (secondary N) is 1. The van der Waals surface area contributed by atoms with Crippen molar-refractivity contribution in [1.82, 2.24) is 10.2 Å². The number of β-amino-alcohol motifs (C(OH)–C–C–N with tert-alkyl or cyclic N) is 1. The maximum Gasteiger partial charge on any atom is 0.237 e. The molecule has 17 heavy (non-hydrogen) atoms. The van der Waals surface area contributed by atoms with Crippen LogP contribution in [0.2, 0.25) is 0 Å². The number of aliphatic hydroxyl groups is 1. The molecule has 2 N–H and O–H groups in total. The average Bonchev–Trinajstić information content (AvgIpc) is 2.25. The third-order valence-electron chi connectivity index (χ3n) is 3.24. The zero-order valence-electron chi connectivity index (χ0n) is 11.0. The van der Waals surface area contributed by atoms with Crippen molar-refractivity contribution in [3.63, 3.8) is 0 Å². The minimum absolute atomic E-state index is 0.000554. The summed E-state index contributed by atoms with van der Waals surface area (Å²) in [5.41, 5.74) is -0.574. The summed E-state index contributed by atoms with van der Waals surface area (Å²) in [4.78, 5) is 13.7. The van der Waals surface area contributed by atoms with E-state index in [0.717, 1.165) is 12.8 Å². The number of carbonyl (C=O) groups excluding carboxylic acids is 1. The minimum Gasteiger partial charge on any atom is -0.387 e. The maximum absolute atomic E-state index is 11.7. The Hall–Kier alpha value is -0.650. The predicted octanol–water partition coefficient (Wildman–Crippen LogP) is -0.0157. The van der Waals surface area contributed by atoms with Crippen molar-refractivity contribution in [3.05, 3.63) is 0 Å². The lowest BCUT2D eigenvalue weighted by molar-refractivity contribution is -0.143. The topological polar surface area (TPSA) is 61.8 Å². The van der Waals surface area contributed by atoms with Crippen molar-refractivity contribution in [3.8, 4) is 0 Å². The highest BCUT2D eigenvalue weighted by atomic mass is 16.5. The molecular formula is C12H24N2O3. The van der Waals surface area contributed by atoms with Gasteiger partial charge in [0.05, 0.1) is 18.2 Å². The van der Waals surface area contributed by atoms with Gasteiger partial charge < -0.3 is 15.2 Å². The Bertz CT molecular complexity index is 252. The van der Waals surface area contributed by atoms with Crippen molar-refractivity contribution in [2.75, 3.05) is 33.4 Å². The van der Waals surface area contributed by atoms with Crippen LogP contribution in [0.3, 0.4) is 0 Å². The number of ether oxygens (including phenoxy) is 1. The van der Waals surface area contributed by atoms with Gasteiger partial charge in [-0.2, -0.15) is 0 Å². The van der Waals surface area contributed by atoms with Gasteiger partial charge >= 0.3 is 0 Å². The lowest BCUT2D eigenvalue weighted by Gasteiger charge is -2.48. The summed E-state index contributed by atoms with van der Waals surface area (Å²) in [6.45, 7) is 6.18. The van der Waals surface area contributed by atoms with Gasteiger partial charge in [0.2, 0.25) is 5.91 Å². The first-order valence-corrected chi connectivity index (χ1v) is 6.25. The van der Waals surface area contributed by atoms with E-state index in [4.69, 9.17) is 4.74 Å². The molecule has 0 aliphatic carbocycles. The Morgan fingerprint density at radius 2 is 2.24 bits per heavy atom. The van der Waals surface area contributed by atoms with Crippen LogP contribution >= 0.6 is 0 Å². The molecule has 0 saturated carbocycles. The van der Waals surface area contributed by atoms with E-state index in [1.807, 2.05) is 11.8 Å². The van der Waals surface area contributed by atoms with Gasteiger partial charge in [0.1, 0.15) is 0 Å². The number of hydrogen-bond acceptors (Lipinski definition) is 4. The Kier molecular flexibility index (Phi) is 5.36. The Labute approximate surface area is 103 Å². The van der Waals surface area contributed by atoms with Gasteiger partial charge in [0.25, 0.3) is 0 Å². The van der Waals surface area contributed by atoms with E-state index in [0.29, 0.717) is 26.2 Å². The number of amides is 1. The first-order valence-electron chi connectivity index (χ1n) is 6.25. The van der Waals surface area contributed by atoms with Gasteiger partial charge in [-0.1, -0.05) is 13.3 Å². The fraction of sp³-hybridized carbons (Fsp3) is 0.917. The van der Waals surface area contributed by atoms with Crippen LogP contribution in [0.4, 0.5) is 0 Å². The Morgan fingerprint density at radius 3 is 2.76 bits per heavy atom.